The number of carbonyl (C=O) groups excluding carboxylic acids is 1. The fourth-order valence-electron chi connectivity index (χ4n) is 2.12. The summed E-state index contributed by atoms with van der Waals surface area (Å²) in [4.78, 5) is 12.2. The Balaban J connectivity index is 1.88. The molecule has 0 radical (unpaired) electrons. The van der Waals surface area contributed by atoms with Crippen LogP contribution in [0.3, 0.4) is 0 Å². The normalized spacial score (nSPS) is 12.3. The first-order valence-corrected chi connectivity index (χ1v) is 6.90. The first kappa shape index (κ1) is 14.3. The van der Waals surface area contributed by atoms with Gasteiger partial charge in [0.15, 0.2) is 0 Å². The summed E-state index contributed by atoms with van der Waals surface area (Å²) in [7, 11) is 0. The van der Waals surface area contributed by atoms with E-state index in [1.54, 1.807) is 10.9 Å². The van der Waals surface area contributed by atoms with Crippen LogP contribution in [0, 0.1) is 12.8 Å². The summed E-state index contributed by atoms with van der Waals surface area (Å²) >= 11 is 0. The molecule has 6 heteroatoms. The van der Waals surface area contributed by atoms with E-state index in [9.17, 15) is 4.79 Å². The van der Waals surface area contributed by atoms with Gasteiger partial charge in [0.2, 0.25) is 0 Å². The van der Waals surface area contributed by atoms with E-state index >= 15 is 0 Å². The minimum atomic E-state index is -0.0697. The molecule has 2 aromatic rings. The van der Waals surface area contributed by atoms with Gasteiger partial charge in [-0.15, -0.1) is 0 Å². The highest BCUT2D eigenvalue weighted by Gasteiger charge is 2.14. The Morgan fingerprint density at radius 1 is 1.50 bits per heavy atom. The van der Waals surface area contributed by atoms with Crippen LogP contribution < -0.4 is 5.32 Å². The smallest absolute Gasteiger partial charge is 0.269 e. The van der Waals surface area contributed by atoms with Gasteiger partial charge in [-0.3, -0.25) is 14.2 Å². The maximum atomic E-state index is 12.2. The largest absolute Gasteiger partial charge is 0.350 e. The van der Waals surface area contributed by atoms with Crippen LogP contribution in [0.4, 0.5) is 0 Å². The number of carbonyl (C=O) groups is 1. The lowest BCUT2D eigenvalue weighted by atomic mass is 10.2. The number of amides is 1. The second kappa shape index (κ2) is 6.36. The number of aryl methyl sites for hydroxylation is 2. The van der Waals surface area contributed by atoms with E-state index in [4.69, 9.17) is 0 Å². The Labute approximate surface area is 118 Å². The number of hydrogen-bond acceptors (Lipinski definition) is 3. The van der Waals surface area contributed by atoms with Crippen molar-refractivity contribution in [1.29, 1.82) is 0 Å². The van der Waals surface area contributed by atoms with E-state index in [0.717, 1.165) is 12.2 Å². The topological polar surface area (TPSA) is 64.7 Å². The van der Waals surface area contributed by atoms with E-state index < -0.39 is 0 Å². The SMILES string of the molecule is CCn1nc(C)cc1C(=O)NCC(C)Cn1cccn1. The van der Waals surface area contributed by atoms with Crippen molar-refractivity contribution in [1.82, 2.24) is 24.9 Å². The molecule has 0 aliphatic heterocycles. The average Bonchev–Trinajstić information content (AvgIpc) is 3.05. The van der Waals surface area contributed by atoms with Gasteiger partial charge in [0, 0.05) is 32.0 Å². The molecular formula is C14H21N5O. The minimum Gasteiger partial charge on any atom is -0.350 e. The van der Waals surface area contributed by atoms with Gasteiger partial charge in [0.05, 0.1) is 5.69 Å². The van der Waals surface area contributed by atoms with Crippen LogP contribution in [-0.4, -0.2) is 32.0 Å². The predicted molar refractivity (Wildman–Crippen MR) is 76.4 cm³/mol. The number of rotatable bonds is 6. The molecule has 0 aliphatic rings. The van der Waals surface area contributed by atoms with Crippen molar-refractivity contribution >= 4 is 5.91 Å². The Kier molecular flexibility index (Phi) is 4.55. The standard InChI is InChI=1S/C14H21N5O/c1-4-19-13(8-12(3)17-19)14(20)15-9-11(2)10-18-7-5-6-16-18/h5-8,11H,4,9-10H2,1-3H3,(H,15,20). The molecule has 6 nitrogen and oxygen atoms in total. The summed E-state index contributed by atoms with van der Waals surface area (Å²) in [6, 6.07) is 3.71. The molecule has 0 saturated heterocycles. The lowest BCUT2D eigenvalue weighted by Crippen LogP contribution is -2.31. The number of nitrogens with one attached hydrogen (secondary N) is 1. The second-order valence-corrected chi connectivity index (χ2v) is 5.03. The Morgan fingerprint density at radius 3 is 2.95 bits per heavy atom. The maximum absolute atomic E-state index is 12.2. The predicted octanol–water partition coefficient (Wildman–Crippen LogP) is 1.47. The molecule has 0 aliphatic carbocycles. The molecule has 0 bridgehead atoms. The summed E-state index contributed by atoms with van der Waals surface area (Å²) in [6.07, 6.45) is 3.68. The van der Waals surface area contributed by atoms with Crippen LogP contribution in [0.1, 0.15) is 30.0 Å². The minimum absolute atomic E-state index is 0.0697. The van der Waals surface area contributed by atoms with Gasteiger partial charge in [0.25, 0.3) is 5.91 Å². The van der Waals surface area contributed by atoms with Crippen LogP contribution in [0.5, 0.6) is 0 Å². The van der Waals surface area contributed by atoms with E-state index in [-0.39, 0.29) is 5.91 Å². The Morgan fingerprint density at radius 2 is 2.30 bits per heavy atom. The van der Waals surface area contributed by atoms with Crippen LogP contribution in [0.25, 0.3) is 0 Å². The lowest BCUT2D eigenvalue weighted by molar-refractivity contribution is 0.0936. The van der Waals surface area contributed by atoms with Crippen LogP contribution in [0.2, 0.25) is 0 Å². The van der Waals surface area contributed by atoms with Crippen molar-refractivity contribution in [3.63, 3.8) is 0 Å². The summed E-state index contributed by atoms with van der Waals surface area (Å²) < 4.78 is 3.60. The second-order valence-electron chi connectivity index (χ2n) is 5.03. The molecule has 20 heavy (non-hydrogen) atoms. The summed E-state index contributed by atoms with van der Waals surface area (Å²) in [5.74, 6) is 0.248. The molecule has 1 atom stereocenters. The van der Waals surface area contributed by atoms with Crippen molar-refractivity contribution in [3.8, 4) is 0 Å². The maximum Gasteiger partial charge on any atom is 0.269 e. The molecule has 0 fully saturated rings. The van der Waals surface area contributed by atoms with Gasteiger partial charge in [-0.2, -0.15) is 10.2 Å². The number of aromatic nitrogens is 4. The fourth-order valence-corrected chi connectivity index (χ4v) is 2.12. The van der Waals surface area contributed by atoms with Crippen molar-refractivity contribution < 1.29 is 4.79 Å². The van der Waals surface area contributed by atoms with Gasteiger partial charge in [-0.05, 0) is 31.9 Å². The molecule has 0 spiro atoms. The average molecular weight is 275 g/mol. The highest BCUT2D eigenvalue weighted by atomic mass is 16.2. The fraction of sp³-hybridized carbons (Fsp3) is 0.500. The zero-order chi connectivity index (χ0) is 14.5. The Bertz CT molecular complexity index is 558. The summed E-state index contributed by atoms with van der Waals surface area (Å²) in [5, 5.41) is 11.4. The number of nitrogens with zero attached hydrogens (tertiary/aromatic N) is 4. The van der Waals surface area contributed by atoms with E-state index in [1.807, 2.05) is 36.9 Å². The van der Waals surface area contributed by atoms with Crippen LogP contribution in [-0.2, 0) is 13.1 Å². The third-order valence-corrected chi connectivity index (χ3v) is 3.10. The molecule has 1 amide bonds. The van der Waals surface area contributed by atoms with Crippen molar-refractivity contribution in [2.75, 3.05) is 6.54 Å². The highest BCUT2D eigenvalue weighted by molar-refractivity contribution is 5.92. The summed E-state index contributed by atoms with van der Waals surface area (Å²) in [6.45, 7) is 8.06. The molecule has 2 rings (SSSR count). The Hall–Kier alpha value is -2.11. The molecule has 2 heterocycles. The van der Waals surface area contributed by atoms with Crippen molar-refractivity contribution in [2.24, 2.45) is 5.92 Å². The van der Waals surface area contributed by atoms with Gasteiger partial charge >= 0.3 is 0 Å². The summed E-state index contributed by atoms with van der Waals surface area (Å²) in [5.41, 5.74) is 1.48. The lowest BCUT2D eigenvalue weighted by Gasteiger charge is -2.13. The molecule has 1 unspecified atom stereocenters. The molecule has 0 saturated carbocycles. The third-order valence-electron chi connectivity index (χ3n) is 3.10. The van der Waals surface area contributed by atoms with Gasteiger partial charge in [-0.25, -0.2) is 0 Å². The highest BCUT2D eigenvalue weighted by Crippen LogP contribution is 2.04. The van der Waals surface area contributed by atoms with E-state index in [2.05, 4.69) is 22.4 Å². The van der Waals surface area contributed by atoms with Gasteiger partial charge in [-0.1, -0.05) is 6.92 Å². The molecular weight excluding hydrogens is 254 g/mol. The molecule has 1 N–H and O–H groups in total. The van der Waals surface area contributed by atoms with E-state index in [0.29, 0.717) is 24.7 Å². The van der Waals surface area contributed by atoms with Gasteiger partial charge in [0.1, 0.15) is 5.69 Å². The molecule has 108 valence electrons. The van der Waals surface area contributed by atoms with Crippen LogP contribution >= 0.6 is 0 Å². The van der Waals surface area contributed by atoms with Crippen molar-refractivity contribution in [3.05, 3.63) is 35.9 Å². The number of hydrogen-bond donors (Lipinski definition) is 1. The van der Waals surface area contributed by atoms with Crippen molar-refractivity contribution in [2.45, 2.75) is 33.9 Å². The van der Waals surface area contributed by atoms with Crippen LogP contribution in [0.15, 0.2) is 24.5 Å². The quantitative estimate of drug-likeness (QED) is 0.868. The van der Waals surface area contributed by atoms with E-state index in [1.165, 1.54) is 0 Å². The molecule has 2 aromatic heterocycles. The third kappa shape index (κ3) is 3.46. The zero-order valence-electron chi connectivity index (χ0n) is 12.2. The first-order chi connectivity index (χ1) is 9.60. The zero-order valence-corrected chi connectivity index (χ0v) is 12.2. The monoisotopic (exact) mass is 275 g/mol. The van der Waals surface area contributed by atoms with Gasteiger partial charge < -0.3 is 5.32 Å². The first-order valence-electron chi connectivity index (χ1n) is 6.90. The molecule has 0 aromatic carbocycles.